The fourth-order valence-corrected chi connectivity index (χ4v) is 3.51. The van der Waals surface area contributed by atoms with E-state index in [1.54, 1.807) is 55.5 Å². The number of aromatic nitrogens is 3. The van der Waals surface area contributed by atoms with Gasteiger partial charge in [0.25, 0.3) is 5.91 Å². The van der Waals surface area contributed by atoms with Crippen LogP contribution in [-0.2, 0) is 19.7 Å². The van der Waals surface area contributed by atoms with E-state index in [0.717, 1.165) is 5.69 Å². The molecule has 1 aromatic carbocycles. The van der Waals surface area contributed by atoms with Crippen molar-refractivity contribution >= 4 is 30.0 Å². The van der Waals surface area contributed by atoms with Gasteiger partial charge in [0.05, 0.1) is 35.7 Å². The Balaban J connectivity index is 0.000000379. The quantitative estimate of drug-likeness (QED) is 0.504. The lowest BCUT2D eigenvalue weighted by molar-refractivity contribution is -0.0980. The summed E-state index contributed by atoms with van der Waals surface area (Å²) < 4.78 is 11.1. The lowest BCUT2D eigenvalue weighted by atomic mass is 9.87. The van der Waals surface area contributed by atoms with Crippen LogP contribution < -0.4 is 5.32 Å². The Bertz CT molecular complexity index is 1110. The lowest BCUT2D eigenvalue weighted by Gasteiger charge is -2.26. The number of nitrogens with zero attached hydrogens (tertiary/aromatic N) is 4. The number of amides is 1. The van der Waals surface area contributed by atoms with Crippen LogP contribution in [0.2, 0.25) is 5.02 Å². The summed E-state index contributed by atoms with van der Waals surface area (Å²) in [4.78, 5) is 26.4. The van der Waals surface area contributed by atoms with E-state index in [1.165, 1.54) is 11.1 Å². The van der Waals surface area contributed by atoms with E-state index in [0.29, 0.717) is 42.7 Å². The Morgan fingerprint density at radius 1 is 1.11 bits per heavy atom. The van der Waals surface area contributed by atoms with Gasteiger partial charge in [0, 0.05) is 46.8 Å². The maximum Gasteiger partial charge on any atom is 0.257 e. The van der Waals surface area contributed by atoms with Crippen LogP contribution >= 0.6 is 11.6 Å². The molecule has 38 heavy (non-hydrogen) atoms. The Hall–Kier alpha value is -3.27. The number of carbonyl (C=O) groups is 2. The number of nitrogens with one attached hydrogen (secondary N) is 1. The van der Waals surface area contributed by atoms with Crippen LogP contribution in [0, 0.1) is 6.92 Å². The molecule has 0 bridgehead atoms. The van der Waals surface area contributed by atoms with Gasteiger partial charge in [-0.05, 0) is 24.0 Å². The minimum Gasteiger partial charge on any atom is -0.388 e. The highest BCUT2D eigenvalue weighted by atomic mass is 35.5. The van der Waals surface area contributed by atoms with Gasteiger partial charge in [0.2, 0.25) is 0 Å². The minimum absolute atomic E-state index is 0.0467. The summed E-state index contributed by atoms with van der Waals surface area (Å²) in [6.07, 6.45) is 4.77. The van der Waals surface area contributed by atoms with Crippen molar-refractivity contribution in [2.45, 2.75) is 33.1 Å². The topological polar surface area (TPSA) is 98.6 Å². The number of ether oxygens (including phenoxy) is 2. The third kappa shape index (κ3) is 10.2. The standard InChI is InChI=1S/C14H16ClN5O2.C11H16.C2H6O.CH2O/c1-16-12-6-11(15)8-17-13(12)20-9-10(7-18-20)14(21)19-2-4-22-5-3-19;1-9-5-7-10(8-6-9)11(2,3)4;1-3-2;1-2/h6-9,16H,2-5H2,1H3;5-8H,1-4H3;1-2H3;1H2. The Labute approximate surface area is 231 Å². The van der Waals surface area contributed by atoms with E-state index in [4.69, 9.17) is 21.1 Å². The second kappa shape index (κ2) is 16.5. The zero-order valence-electron chi connectivity index (χ0n) is 23.5. The molecule has 1 amide bonds. The van der Waals surface area contributed by atoms with Gasteiger partial charge >= 0.3 is 0 Å². The highest BCUT2D eigenvalue weighted by molar-refractivity contribution is 6.30. The molecule has 3 aromatic rings. The molecular weight excluding hydrogens is 506 g/mol. The molecule has 208 valence electrons. The van der Waals surface area contributed by atoms with E-state index in [-0.39, 0.29) is 11.3 Å². The van der Waals surface area contributed by atoms with Gasteiger partial charge in [0.1, 0.15) is 6.79 Å². The van der Waals surface area contributed by atoms with Crippen LogP contribution in [-0.4, -0.2) is 79.9 Å². The van der Waals surface area contributed by atoms with E-state index >= 15 is 0 Å². The number of halogens is 1. The number of carbonyl (C=O) groups excluding carboxylic acids is 2. The van der Waals surface area contributed by atoms with Crippen molar-refractivity contribution in [1.29, 1.82) is 0 Å². The van der Waals surface area contributed by atoms with Crippen molar-refractivity contribution in [1.82, 2.24) is 19.7 Å². The number of anilines is 1. The maximum atomic E-state index is 12.4. The summed E-state index contributed by atoms with van der Waals surface area (Å²) in [7, 11) is 5.03. The van der Waals surface area contributed by atoms with Crippen LogP contribution in [0.25, 0.3) is 5.82 Å². The molecule has 3 heterocycles. The summed E-state index contributed by atoms with van der Waals surface area (Å²) in [6, 6.07) is 10.5. The van der Waals surface area contributed by atoms with Gasteiger partial charge in [0.15, 0.2) is 5.82 Å². The molecule has 2 aromatic heterocycles. The number of methoxy groups -OCH3 is 1. The zero-order valence-corrected chi connectivity index (χ0v) is 24.2. The number of hydrogen-bond donors (Lipinski definition) is 1. The largest absolute Gasteiger partial charge is 0.388 e. The molecular formula is C28H40ClN5O4. The second-order valence-corrected chi connectivity index (χ2v) is 9.81. The van der Waals surface area contributed by atoms with E-state index < -0.39 is 0 Å². The molecule has 4 rings (SSSR count). The SMILES string of the molecule is C=O.CNc1cc(Cl)cnc1-n1cc(C(=O)N2CCOCC2)cn1.COC.Cc1ccc(C(C)(C)C)cc1. The summed E-state index contributed by atoms with van der Waals surface area (Å²) in [5.74, 6) is 0.544. The Morgan fingerprint density at radius 3 is 2.21 bits per heavy atom. The third-order valence-corrected chi connectivity index (χ3v) is 5.57. The van der Waals surface area contributed by atoms with Crippen LogP contribution in [0.4, 0.5) is 5.69 Å². The smallest absolute Gasteiger partial charge is 0.257 e. The highest BCUT2D eigenvalue weighted by Gasteiger charge is 2.20. The van der Waals surface area contributed by atoms with Crippen molar-refractivity contribution in [2.24, 2.45) is 0 Å². The average molecular weight is 546 g/mol. The number of rotatable bonds is 3. The molecule has 0 spiro atoms. The van der Waals surface area contributed by atoms with Crippen LogP contribution in [0.3, 0.4) is 0 Å². The first-order valence-corrected chi connectivity index (χ1v) is 12.5. The predicted molar refractivity (Wildman–Crippen MR) is 153 cm³/mol. The Kier molecular flexibility index (Phi) is 14.3. The molecule has 1 aliphatic rings. The number of hydrogen-bond acceptors (Lipinski definition) is 7. The van der Waals surface area contributed by atoms with Crippen molar-refractivity contribution in [3.8, 4) is 5.82 Å². The molecule has 0 unspecified atom stereocenters. The number of aryl methyl sites for hydroxylation is 1. The second-order valence-electron chi connectivity index (χ2n) is 9.38. The Morgan fingerprint density at radius 2 is 1.68 bits per heavy atom. The highest BCUT2D eigenvalue weighted by Crippen LogP contribution is 2.22. The van der Waals surface area contributed by atoms with E-state index in [9.17, 15) is 4.79 Å². The first-order valence-electron chi connectivity index (χ1n) is 12.1. The van der Waals surface area contributed by atoms with Crippen LogP contribution in [0.5, 0.6) is 0 Å². The molecule has 10 heteroatoms. The predicted octanol–water partition coefficient (Wildman–Crippen LogP) is 4.81. The van der Waals surface area contributed by atoms with Crippen LogP contribution in [0.15, 0.2) is 48.9 Å². The summed E-state index contributed by atoms with van der Waals surface area (Å²) in [5.41, 5.74) is 4.29. The van der Waals surface area contributed by atoms with Crippen LogP contribution in [0.1, 0.15) is 42.3 Å². The maximum absolute atomic E-state index is 12.4. The molecule has 0 atom stereocenters. The lowest BCUT2D eigenvalue weighted by Crippen LogP contribution is -2.40. The van der Waals surface area contributed by atoms with Gasteiger partial charge in [-0.15, -0.1) is 0 Å². The van der Waals surface area contributed by atoms with Crippen molar-refractivity contribution in [3.63, 3.8) is 0 Å². The number of morpholine rings is 1. The van der Waals surface area contributed by atoms with E-state index in [2.05, 4.69) is 72.1 Å². The van der Waals surface area contributed by atoms with E-state index in [1.807, 2.05) is 6.79 Å². The molecule has 1 N–H and O–H groups in total. The van der Waals surface area contributed by atoms with Gasteiger partial charge < -0.3 is 24.5 Å². The average Bonchev–Trinajstić information content (AvgIpc) is 3.40. The summed E-state index contributed by atoms with van der Waals surface area (Å²) >= 11 is 5.94. The van der Waals surface area contributed by atoms with Gasteiger partial charge in [-0.3, -0.25) is 4.79 Å². The van der Waals surface area contributed by atoms with Crippen molar-refractivity contribution in [2.75, 3.05) is 52.9 Å². The fraction of sp³-hybridized carbons (Fsp3) is 0.429. The number of pyridine rings is 1. The third-order valence-electron chi connectivity index (χ3n) is 5.37. The number of benzene rings is 1. The van der Waals surface area contributed by atoms with Gasteiger partial charge in [-0.25, -0.2) is 9.67 Å². The molecule has 0 aliphatic carbocycles. The molecule has 1 saturated heterocycles. The molecule has 1 aliphatic heterocycles. The normalized spacial score (nSPS) is 12.6. The summed E-state index contributed by atoms with van der Waals surface area (Å²) in [6.45, 7) is 13.2. The molecule has 0 saturated carbocycles. The van der Waals surface area contributed by atoms with Gasteiger partial charge in [-0.1, -0.05) is 62.2 Å². The monoisotopic (exact) mass is 545 g/mol. The first-order chi connectivity index (χ1) is 18.1. The van der Waals surface area contributed by atoms with Crippen molar-refractivity contribution in [3.05, 3.63) is 70.6 Å². The molecule has 9 nitrogen and oxygen atoms in total. The summed E-state index contributed by atoms with van der Waals surface area (Å²) in [5, 5.41) is 7.78. The fourth-order valence-electron chi connectivity index (χ4n) is 3.35. The molecule has 1 fully saturated rings. The molecule has 0 radical (unpaired) electrons. The van der Waals surface area contributed by atoms with Gasteiger partial charge in [-0.2, -0.15) is 5.10 Å². The zero-order chi connectivity index (χ0) is 28.7. The van der Waals surface area contributed by atoms with Crippen molar-refractivity contribution < 1.29 is 19.1 Å². The first kappa shape index (κ1) is 32.8. The minimum atomic E-state index is -0.0467.